The first-order chi connectivity index (χ1) is 8.29. The van der Waals surface area contributed by atoms with Crippen LogP contribution in [0.1, 0.15) is 12.0 Å². The van der Waals surface area contributed by atoms with Gasteiger partial charge in [-0.15, -0.1) is 0 Å². The summed E-state index contributed by atoms with van der Waals surface area (Å²) in [5, 5.41) is 0. The van der Waals surface area contributed by atoms with E-state index in [0.29, 0.717) is 0 Å². The molecule has 1 fully saturated rings. The van der Waals surface area contributed by atoms with Crippen molar-refractivity contribution in [2.45, 2.75) is 13.0 Å². The second-order valence-corrected chi connectivity index (χ2v) is 4.31. The molecule has 94 valence electrons. The first-order valence-electron chi connectivity index (χ1n) is 6.02. The Bertz CT molecular complexity index is 360. The first-order valence-corrected chi connectivity index (χ1v) is 6.02. The molecule has 0 bridgehead atoms. The molecule has 0 aromatic heterocycles. The van der Waals surface area contributed by atoms with Gasteiger partial charge in [-0.2, -0.15) is 0 Å². The van der Waals surface area contributed by atoms with Crippen molar-refractivity contribution in [1.82, 2.24) is 4.90 Å². The Kier molecular flexibility index (Phi) is 4.23. The van der Waals surface area contributed by atoms with Crippen molar-refractivity contribution in [3.63, 3.8) is 0 Å². The predicted molar refractivity (Wildman–Crippen MR) is 68.1 cm³/mol. The summed E-state index contributed by atoms with van der Waals surface area (Å²) in [5.41, 5.74) is 7.75. The van der Waals surface area contributed by atoms with E-state index in [0.717, 1.165) is 56.3 Å². The van der Waals surface area contributed by atoms with Crippen molar-refractivity contribution in [3.05, 3.63) is 23.8 Å². The summed E-state index contributed by atoms with van der Waals surface area (Å²) in [6.07, 6.45) is 1.09. The Morgan fingerprint density at radius 1 is 1.35 bits per heavy atom. The lowest BCUT2D eigenvalue weighted by atomic mass is 10.1. The maximum absolute atomic E-state index is 5.82. The van der Waals surface area contributed by atoms with Crippen molar-refractivity contribution in [2.24, 2.45) is 0 Å². The van der Waals surface area contributed by atoms with Crippen LogP contribution in [0.3, 0.4) is 0 Å². The average Bonchev–Trinajstić information content (AvgIpc) is 2.58. The van der Waals surface area contributed by atoms with Crippen LogP contribution in [-0.2, 0) is 11.3 Å². The van der Waals surface area contributed by atoms with Crippen molar-refractivity contribution >= 4 is 5.69 Å². The maximum Gasteiger partial charge on any atom is 0.123 e. The van der Waals surface area contributed by atoms with Crippen LogP contribution in [0.15, 0.2) is 18.2 Å². The van der Waals surface area contributed by atoms with E-state index < -0.39 is 0 Å². The Morgan fingerprint density at radius 3 is 3.06 bits per heavy atom. The quantitative estimate of drug-likeness (QED) is 0.808. The Balaban J connectivity index is 2.07. The third-order valence-electron chi connectivity index (χ3n) is 3.01. The zero-order chi connectivity index (χ0) is 12.1. The van der Waals surface area contributed by atoms with Crippen LogP contribution in [0.2, 0.25) is 0 Å². The molecule has 0 amide bonds. The topological polar surface area (TPSA) is 47.7 Å². The molecule has 1 aliphatic heterocycles. The van der Waals surface area contributed by atoms with Crippen LogP contribution in [0.25, 0.3) is 0 Å². The molecule has 0 aliphatic carbocycles. The van der Waals surface area contributed by atoms with Crippen LogP contribution in [0.4, 0.5) is 5.69 Å². The number of hydrogen-bond acceptors (Lipinski definition) is 4. The van der Waals surface area contributed by atoms with Crippen molar-refractivity contribution in [1.29, 1.82) is 0 Å². The summed E-state index contributed by atoms with van der Waals surface area (Å²) in [6.45, 7) is 4.59. The maximum atomic E-state index is 5.82. The molecule has 0 radical (unpaired) electrons. The summed E-state index contributed by atoms with van der Waals surface area (Å²) in [5.74, 6) is 0.907. The van der Waals surface area contributed by atoms with Gasteiger partial charge in [0.2, 0.25) is 0 Å². The van der Waals surface area contributed by atoms with Gasteiger partial charge in [-0.05, 0) is 24.6 Å². The zero-order valence-corrected chi connectivity index (χ0v) is 10.3. The van der Waals surface area contributed by atoms with E-state index in [1.165, 1.54) is 0 Å². The minimum Gasteiger partial charge on any atom is -0.496 e. The number of hydrogen-bond donors (Lipinski definition) is 1. The summed E-state index contributed by atoms with van der Waals surface area (Å²) < 4.78 is 10.8. The van der Waals surface area contributed by atoms with Gasteiger partial charge in [0.15, 0.2) is 0 Å². The van der Waals surface area contributed by atoms with E-state index in [1.54, 1.807) is 7.11 Å². The van der Waals surface area contributed by atoms with Crippen LogP contribution >= 0.6 is 0 Å². The van der Waals surface area contributed by atoms with Gasteiger partial charge in [0, 0.05) is 37.5 Å². The van der Waals surface area contributed by atoms with E-state index in [-0.39, 0.29) is 0 Å². The summed E-state index contributed by atoms with van der Waals surface area (Å²) >= 11 is 0. The molecule has 2 rings (SSSR count). The zero-order valence-electron chi connectivity index (χ0n) is 10.3. The van der Waals surface area contributed by atoms with Crippen LogP contribution in [0.5, 0.6) is 5.75 Å². The standard InChI is InChI=1S/C13H20N2O2/c1-16-13-4-3-12(14)9-11(13)10-15-5-2-7-17-8-6-15/h3-4,9H,2,5-8,10,14H2,1H3. The van der Waals surface area contributed by atoms with Gasteiger partial charge in [-0.25, -0.2) is 0 Å². The van der Waals surface area contributed by atoms with Crippen LogP contribution < -0.4 is 10.5 Å². The van der Waals surface area contributed by atoms with Crippen LogP contribution in [0, 0.1) is 0 Å². The number of methoxy groups -OCH3 is 1. The van der Waals surface area contributed by atoms with Crippen LogP contribution in [-0.4, -0.2) is 38.3 Å². The highest BCUT2D eigenvalue weighted by atomic mass is 16.5. The summed E-state index contributed by atoms with van der Waals surface area (Å²) in [4.78, 5) is 2.38. The van der Waals surface area contributed by atoms with Gasteiger partial charge in [0.25, 0.3) is 0 Å². The highest BCUT2D eigenvalue weighted by Gasteiger charge is 2.12. The molecule has 0 unspecified atom stereocenters. The largest absolute Gasteiger partial charge is 0.496 e. The van der Waals surface area contributed by atoms with E-state index in [9.17, 15) is 0 Å². The number of benzene rings is 1. The number of anilines is 1. The number of ether oxygens (including phenoxy) is 2. The average molecular weight is 236 g/mol. The minimum absolute atomic E-state index is 0.784. The van der Waals surface area contributed by atoms with Crippen molar-refractivity contribution in [2.75, 3.05) is 39.1 Å². The van der Waals surface area contributed by atoms with E-state index in [1.807, 2.05) is 18.2 Å². The highest BCUT2D eigenvalue weighted by Crippen LogP contribution is 2.22. The molecule has 0 saturated carbocycles. The van der Waals surface area contributed by atoms with Gasteiger partial charge in [-0.3, -0.25) is 4.90 Å². The fourth-order valence-electron chi connectivity index (χ4n) is 2.12. The molecule has 0 atom stereocenters. The molecule has 2 N–H and O–H groups in total. The molecule has 1 saturated heterocycles. The molecule has 4 heteroatoms. The molecule has 1 aromatic rings. The van der Waals surface area contributed by atoms with E-state index >= 15 is 0 Å². The molecular weight excluding hydrogens is 216 g/mol. The normalized spacial score (nSPS) is 17.7. The van der Waals surface area contributed by atoms with E-state index in [2.05, 4.69) is 4.90 Å². The van der Waals surface area contributed by atoms with Gasteiger partial charge >= 0.3 is 0 Å². The minimum atomic E-state index is 0.784. The number of nitrogens with two attached hydrogens (primary N) is 1. The molecular formula is C13H20N2O2. The molecule has 4 nitrogen and oxygen atoms in total. The Labute approximate surface area is 102 Å². The van der Waals surface area contributed by atoms with Crippen molar-refractivity contribution in [3.8, 4) is 5.75 Å². The third kappa shape index (κ3) is 3.35. The Morgan fingerprint density at radius 2 is 2.24 bits per heavy atom. The number of rotatable bonds is 3. The first kappa shape index (κ1) is 12.2. The lowest BCUT2D eigenvalue weighted by molar-refractivity contribution is 0.140. The number of nitrogens with zero attached hydrogens (tertiary/aromatic N) is 1. The SMILES string of the molecule is COc1ccc(N)cc1CN1CCCOCC1. The highest BCUT2D eigenvalue weighted by molar-refractivity contribution is 5.47. The second kappa shape index (κ2) is 5.89. The summed E-state index contributed by atoms with van der Waals surface area (Å²) in [7, 11) is 1.70. The molecule has 1 aliphatic rings. The lowest BCUT2D eigenvalue weighted by Gasteiger charge is -2.20. The predicted octanol–water partition coefficient (Wildman–Crippen LogP) is 1.50. The molecule has 1 aromatic carbocycles. The number of nitrogen functional groups attached to an aromatic ring is 1. The fourth-order valence-corrected chi connectivity index (χ4v) is 2.12. The summed E-state index contributed by atoms with van der Waals surface area (Å²) in [6, 6.07) is 5.79. The lowest BCUT2D eigenvalue weighted by Crippen LogP contribution is -2.26. The smallest absolute Gasteiger partial charge is 0.123 e. The monoisotopic (exact) mass is 236 g/mol. The van der Waals surface area contributed by atoms with Gasteiger partial charge in [-0.1, -0.05) is 0 Å². The fraction of sp³-hybridized carbons (Fsp3) is 0.538. The van der Waals surface area contributed by atoms with Crippen molar-refractivity contribution < 1.29 is 9.47 Å². The Hall–Kier alpha value is -1.26. The van der Waals surface area contributed by atoms with Gasteiger partial charge < -0.3 is 15.2 Å². The third-order valence-corrected chi connectivity index (χ3v) is 3.01. The molecule has 17 heavy (non-hydrogen) atoms. The molecule has 0 spiro atoms. The molecule has 1 heterocycles. The second-order valence-electron chi connectivity index (χ2n) is 4.31. The van der Waals surface area contributed by atoms with Gasteiger partial charge in [0.1, 0.15) is 5.75 Å². The van der Waals surface area contributed by atoms with E-state index in [4.69, 9.17) is 15.2 Å². The van der Waals surface area contributed by atoms with Gasteiger partial charge in [0.05, 0.1) is 13.7 Å².